The standard InChI is InChI=1S/C5H7FN2S/c6-1-5-8-4(2-7)3-9-5/h3H,1-2,7H2. The highest BCUT2D eigenvalue weighted by atomic mass is 32.1. The molecule has 1 aromatic heterocycles. The van der Waals surface area contributed by atoms with Crippen LogP contribution >= 0.6 is 11.3 Å². The summed E-state index contributed by atoms with van der Waals surface area (Å²) in [6.07, 6.45) is 0. The highest BCUT2D eigenvalue weighted by Gasteiger charge is 1.97. The molecule has 0 saturated heterocycles. The second kappa shape index (κ2) is 2.89. The van der Waals surface area contributed by atoms with Gasteiger partial charge in [-0.2, -0.15) is 0 Å². The van der Waals surface area contributed by atoms with Crippen molar-refractivity contribution in [2.24, 2.45) is 5.73 Å². The SMILES string of the molecule is NCc1csc(CF)n1. The monoisotopic (exact) mass is 146 g/mol. The molecule has 0 aliphatic rings. The van der Waals surface area contributed by atoms with Gasteiger partial charge in [-0.25, -0.2) is 9.37 Å². The van der Waals surface area contributed by atoms with Crippen molar-refractivity contribution in [1.29, 1.82) is 0 Å². The maximum absolute atomic E-state index is 11.8. The minimum atomic E-state index is -0.481. The predicted octanol–water partition coefficient (Wildman–Crippen LogP) is 1.07. The fourth-order valence-electron chi connectivity index (χ4n) is 0.504. The molecule has 1 rings (SSSR count). The molecule has 0 radical (unpaired) electrons. The van der Waals surface area contributed by atoms with E-state index in [0.29, 0.717) is 11.6 Å². The molecule has 0 aliphatic carbocycles. The van der Waals surface area contributed by atoms with Crippen LogP contribution in [0.5, 0.6) is 0 Å². The van der Waals surface area contributed by atoms with Crippen molar-refractivity contribution in [1.82, 2.24) is 4.98 Å². The lowest BCUT2D eigenvalue weighted by Crippen LogP contribution is -1.95. The van der Waals surface area contributed by atoms with Gasteiger partial charge in [0.25, 0.3) is 0 Å². The van der Waals surface area contributed by atoms with Gasteiger partial charge in [-0.15, -0.1) is 11.3 Å². The number of hydrogen-bond acceptors (Lipinski definition) is 3. The van der Waals surface area contributed by atoms with Gasteiger partial charge in [-0.3, -0.25) is 0 Å². The van der Waals surface area contributed by atoms with E-state index in [0.717, 1.165) is 5.69 Å². The molecular formula is C5H7FN2S. The first-order valence-electron chi connectivity index (χ1n) is 2.56. The molecule has 1 heterocycles. The average Bonchev–Trinajstić information content (AvgIpc) is 2.34. The van der Waals surface area contributed by atoms with Gasteiger partial charge >= 0.3 is 0 Å². The Morgan fingerprint density at radius 3 is 2.89 bits per heavy atom. The number of nitrogens with two attached hydrogens (primary N) is 1. The Bertz CT molecular complexity index is 168. The molecule has 2 nitrogen and oxygen atoms in total. The van der Waals surface area contributed by atoms with Crippen LogP contribution < -0.4 is 5.73 Å². The number of rotatable bonds is 2. The fraction of sp³-hybridized carbons (Fsp3) is 0.400. The van der Waals surface area contributed by atoms with Crippen molar-refractivity contribution in [2.75, 3.05) is 0 Å². The average molecular weight is 146 g/mol. The topological polar surface area (TPSA) is 38.9 Å². The lowest BCUT2D eigenvalue weighted by molar-refractivity contribution is 0.483. The van der Waals surface area contributed by atoms with Crippen molar-refractivity contribution in [3.63, 3.8) is 0 Å². The summed E-state index contributed by atoms with van der Waals surface area (Å²) in [5.74, 6) is 0. The van der Waals surface area contributed by atoms with Crippen LogP contribution in [0.25, 0.3) is 0 Å². The molecule has 0 bridgehead atoms. The van der Waals surface area contributed by atoms with Gasteiger partial charge in [0.05, 0.1) is 5.69 Å². The first kappa shape index (κ1) is 6.64. The summed E-state index contributed by atoms with van der Waals surface area (Å²) in [5, 5.41) is 2.28. The third-order valence-electron chi connectivity index (χ3n) is 0.923. The normalized spacial score (nSPS) is 10.0. The maximum atomic E-state index is 11.8. The van der Waals surface area contributed by atoms with E-state index in [1.165, 1.54) is 11.3 Å². The van der Waals surface area contributed by atoms with E-state index in [1.807, 2.05) is 0 Å². The van der Waals surface area contributed by atoms with Crippen LogP contribution in [0.4, 0.5) is 4.39 Å². The summed E-state index contributed by atoms with van der Waals surface area (Å²) in [4.78, 5) is 3.87. The van der Waals surface area contributed by atoms with Crippen LogP contribution in [0.3, 0.4) is 0 Å². The molecule has 2 N–H and O–H groups in total. The van der Waals surface area contributed by atoms with E-state index in [-0.39, 0.29) is 0 Å². The molecule has 9 heavy (non-hydrogen) atoms. The Morgan fingerprint density at radius 2 is 2.56 bits per heavy atom. The summed E-state index contributed by atoms with van der Waals surface area (Å²) in [6, 6.07) is 0. The van der Waals surface area contributed by atoms with E-state index >= 15 is 0 Å². The zero-order chi connectivity index (χ0) is 6.69. The van der Waals surface area contributed by atoms with E-state index in [9.17, 15) is 4.39 Å². The minimum absolute atomic E-state index is 0.399. The zero-order valence-electron chi connectivity index (χ0n) is 4.80. The number of aromatic nitrogens is 1. The van der Waals surface area contributed by atoms with Gasteiger partial charge in [0.15, 0.2) is 0 Å². The van der Waals surface area contributed by atoms with Gasteiger partial charge < -0.3 is 5.73 Å². The number of hydrogen-bond donors (Lipinski definition) is 1. The van der Waals surface area contributed by atoms with Gasteiger partial charge in [0, 0.05) is 11.9 Å². The van der Waals surface area contributed by atoms with E-state index in [1.54, 1.807) is 5.38 Å². The molecular weight excluding hydrogens is 139 g/mol. The molecule has 0 amide bonds. The number of nitrogens with zero attached hydrogens (tertiary/aromatic N) is 1. The maximum Gasteiger partial charge on any atom is 0.141 e. The van der Waals surface area contributed by atoms with Crippen LogP contribution in [0.1, 0.15) is 10.7 Å². The molecule has 4 heteroatoms. The van der Waals surface area contributed by atoms with Crippen LogP contribution in [0.15, 0.2) is 5.38 Å². The van der Waals surface area contributed by atoms with E-state index in [2.05, 4.69) is 4.98 Å². The summed E-state index contributed by atoms with van der Waals surface area (Å²) in [7, 11) is 0. The van der Waals surface area contributed by atoms with Gasteiger partial charge in [-0.1, -0.05) is 0 Å². The zero-order valence-corrected chi connectivity index (χ0v) is 5.62. The first-order chi connectivity index (χ1) is 4.36. The quantitative estimate of drug-likeness (QED) is 0.677. The Kier molecular flexibility index (Phi) is 2.13. The van der Waals surface area contributed by atoms with Crippen molar-refractivity contribution >= 4 is 11.3 Å². The van der Waals surface area contributed by atoms with Gasteiger partial charge in [0.1, 0.15) is 11.7 Å². The Morgan fingerprint density at radius 1 is 1.78 bits per heavy atom. The van der Waals surface area contributed by atoms with Crippen LogP contribution in [-0.2, 0) is 13.2 Å². The number of alkyl halides is 1. The summed E-state index contributed by atoms with van der Waals surface area (Å²) < 4.78 is 11.8. The van der Waals surface area contributed by atoms with E-state index < -0.39 is 6.67 Å². The van der Waals surface area contributed by atoms with Crippen molar-refractivity contribution in [2.45, 2.75) is 13.2 Å². The number of thiazole rings is 1. The van der Waals surface area contributed by atoms with Crippen molar-refractivity contribution in [3.05, 3.63) is 16.1 Å². The van der Waals surface area contributed by atoms with Gasteiger partial charge in [0.2, 0.25) is 0 Å². The predicted molar refractivity (Wildman–Crippen MR) is 34.8 cm³/mol. The molecule has 1 aromatic rings. The number of halogens is 1. The first-order valence-corrected chi connectivity index (χ1v) is 3.44. The Labute approximate surface area is 56.5 Å². The summed E-state index contributed by atoms with van der Waals surface area (Å²) >= 11 is 1.31. The molecule has 0 spiro atoms. The Balaban J connectivity index is 2.74. The lowest BCUT2D eigenvalue weighted by atomic mass is 10.5. The van der Waals surface area contributed by atoms with Crippen molar-refractivity contribution < 1.29 is 4.39 Å². The highest BCUT2D eigenvalue weighted by Crippen LogP contribution is 2.09. The Hall–Kier alpha value is -0.480. The van der Waals surface area contributed by atoms with Gasteiger partial charge in [-0.05, 0) is 0 Å². The minimum Gasteiger partial charge on any atom is -0.325 e. The van der Waals surface area contributed by atoms with Crippen LogP contribution in [0.2, 0.25) is 0 Å². The highest BCUT2D eigenvalue weighted by molar-refractivity contribution is 7.09. The third kappa shape index (κ3) is 1.46. The van der Waals surface area contributed by atoms with Crippen LogP contribution in [-0.4, -0.2) is 4.98 Å². The molecule has 0 aliphatic heterocycles. The van der Waals surface area contributed by atoms with Crippen LogP contribution in [0, 0.1) is 0 Å². The summed E-state index contributed by atoms with van der Waals surface area (Å²) in [6.45, 7) is -0.0822. The second-order valence-electron chi connectivity index (χ2n) is 1.57. The summed E-state index contributed by atoms with van der Waals surface area (Å²) in [5.41, 5.74) is 6.01. The lowest BCUT2D eigenvalue weighted by Gasteiger charge is -1.82. The molecule has 0 saturated carbocycles. The molecule has 0 fully saturated rings. The molecule has 50 valence electrons. The fourth-order valence-corrected chi connectivity index (χ4v) is 1.16. The molecule has 0 aromatic carbocycles. The second-order valence-corrected chi connectivity index (χ2v) is 2.51. The molecule has 0 unspecified atom stereocenters. The third-order valence-corrected chi connectivity index (χ3v) is 1.79. The largest absolute Gasteiger partial charge is 0.325 e. The van der Waals surface area contributed by atoms with E-state index in [4.69, 9.17) is 5.73 Å². The van der Waals surface area contributed by atoms with Crippen molar-refractivity contribution in [3.8, 4) is 0 Å². The smallest absolute Gasteiger partial charge is 0.141 e. The molecule has 0 atom stereocenters.